The number of anilines is 1. The summed E-state index contributed by atoms with van der Waals surface area (Å²) in [4.78, 5) is 11.3. The molecule has 0 heterocycles. The van der Waals surface area contributed by atoms with Gasteiger partial charge in [-0.25, -0.2) is 13.6 Å². The van der Waals surface area contributed by atoms with E-state index in [9.17, 15) is 18.7 Å². The molecular weight excluding hydrogens is 246 g/mol. The predicted octanol–water partition coefficient (Wildman–Crippen LogP) is 0.830. The highest BCUT2D eigenvalue weighted by Gasteiger charge is 2.20. The van der Waals surface area contributed by atoms with E-state index < -0.39 is 29.9 Å². The lowest BCUT2D eigenvalue weighted by molar-refractivity contribution is 0.00514. The molecule has 0 aliphatic rings. The minimum absolute atomic E-state index is 0.183. The third-order valence-electron chi connectivity index (χ3n) is 2.15. The molecule has 18 heavy (non-hydrogen) atoms. The van der Waals surface area contributed by atoms with E-state index in [0.717, 1.165) is 12.1 Å². The first kappa shape index (κ1) is 14.3. The molecule has 1 aromatic rings. The van der Waals surface area contributed by atoms with E-state index in [1.54, 1.807) is 0 Å². The molecule has 100 valence electrons. The molecule has 2 amide bonds. The lowest BCUT2D eigenvalue weighted by Crippen LogP contribution is -2.44. The van der Waals surface area contributed by atoms with E-state index in [1.165, 1.54) is 6.92 Å². The Morgan fingerprint density at radius 3 is 2.67 bits per heavy atom. The fourth-order valence-corrected chi connectivity index (χ4v) is 1.08. The Morgan fingerprint density at radius 2 is 2.11 bits per heavy atom. The van der Waals surface area contributed by atoms with Crippen LogP contribution in [0.3, 0.4) is 0 Å². The van der Waals surface area contributed by atoms with E-state index in [2.05, 4.69) is 10.6 Å². The number of halogens is 2. The van der Waals surface area contributed by atoms with Gasteiger partial charge >= 0.3 is 6.03 Å². The van der Waals surface area contributed by atoms with Crippen molar-refractivity contribution < 1.29 is 23.8 Å². The Hall–Kier alpha value is -1.73. The van der Waals surface area contributed by atoms with E-state index in [4.69, 9.17) is 5.11 Å². The summed E-state index contributed by atoms with van der Waals surface area (Å²) in [5.74, 6) is -1.65. The van der Waals surface area contributed by atoms with Gasteiger partial charge in [-0.15, -0.1) is 0 Å². The zero-order valence-corrected chi connectivity index (χ0v) is 9.70. The van der Waals surface area contributed by atoms with Crippen LogP contribution in [-0.2, 0) is 0 Å². The molecule has 0 aliphatic heterocycles. The molecular formula is C11H14F2N2O3. The summed E-state index contributed by atoms with van der Waals surface area (Å²) in [6.07, 6.45) is 0. The molecule has 1 unspecified atom stereocenters. The summed E-state index contributed by atoms with van der Waals surface area (Å²) in [6.45, 7) is 0.585. The van der Waals surface area contributed by atoms with E-state index in [0.29, 0.717) is 6.07 Å². The molecule has 0 saturated heterocycles. The molecule has 0 spiro atoms. The lowest BCUT2D eigenvalue weighted by atomic mass is 10.1. The minimum atomic E-state index is -1.46. The maximum atomic E-state index is 13.2. The molecule has 4 N–H and O–H groups in total. The third-order valence-corrected chi connectivity index (χ3v) is 2.15. The molecule has 1 aromatic carbocycles. The van der Waals surface area contributed by atoms with Gasteiger partial charge in [-0.1, -0.05) is 0 Å². The largest absolute Gasteiger partial charge is 0.393 e. The molecule has 0 saturated carbocycles. The van der Waals surface area contributed by atoms with Gasteiger partial charge in [0.25, 0.3) is 0 Å². The van der Waals surface area contributed by atoms with Crippen LogP contribution in [0.4, 0.5) is 19.3 Å². The van der Waals surface area contributed by atoms with Gasteiger partial charge in [0, 0.05) is 6.07 Å². The number of rotatable bonds is 4. The van der Waals surface area contributed by atoms with Crippen LogP contribution < -0.4 is 10.6 Å². The number of aliphatic hydroxyl groups is 2. The smallest absolute Gasteiger partial charge is 0.319 e. The van der Waals surface area contributed by atoms with E-state index >= 15 is 0 Å². The average molecular weight is 260 g/mol. The normalized spacial score (nSPS) is 13.8. The van der Waals surface area contributed by atoms with Gasteiger partial charge in [0.05, 0.1) is 18.8 Å². The number of hydrogen-bond donors (Lipinski definition) is 4. The summed E-state index contributed by atoms with van der Waals surface area (Å²) in [6, 6.07) is 1.95. The Kier molecular flexibility index (Phi) is 4.57. The van der Waals surface area contributed by atoms with Crippen molar-refractivity contribution in [2.75, 3.05) is 18.5 Å². The van der Waals surface area contributed by atoms with Crippen molar-refractivity contribution in [1.29, 1.82) is 0 Å². The van der Waals surface area contributed by atoms with Gasteiger partial charge in [-0.2, -0.15) is 0 Å². The van der Waals surface area contributed by atoms with Crippen LogP contribution in [0.15, 0.2) is 18.2 Å². The van der Waals surface area contributed by atoms with Crippen LogP contribution >= 0.6 is 0 Å². The summed E-state index contributed by atoms with van der Waals surface area (Å²) in [7, 11) is 0. The number of amides is 2. The van der Waals surface area contributed by atoms with Gasteiger partial charge < -0.3 is 20.8 Å². The van der Waals surface area contributed by atoms with Gasteiger partial charge in [0.1, 0.15) is 17.2 Å². The van der Waals surface area contributed by atoms with E-state index in [1.807, 2.05) is 0 Å². The van der Waals surface area contributed by atoms with E-state index in [-0.39, 0.29) is 12.2 Å². The molecule has 1 atom stereocenters. The third kappa shape index (κ3) is 4.27. The summed E-state index contributed by atoms with van der Waals surface area (Å²) < 4.78 is 25.8. The fourth-order valence-electron chi connectivity index (χ4n) is 1.08. The molecule has 0 fully saturated rings. The van der Waals surface area contributed by atoms with Crippen LogP contribution in [0.5, 0.6) is 0 Å². The second-order valence-electron chi connectivity index (χ2n) is 4.09. The van der Waals surface area contributed by atoms with Crippen molar-refractivity contribution in [2.45, 2.75) is 12.5 Å². The van der Waals surface area contributed by atoms with Crippen LogP contribution in [0.25, 0.3) is 0 Å². The average Bonchev–Trinajstić information content (AvgIpc) is 2.30. The number of carbonyl (C=O) groups is 1. The van der Waals surface area contributed by atoms with Crippen LogP contribution in [0, 0.1) is 11.6 Å². The van der Waals surface area contributed by atoms with Gasteiger partial charge in [-0.05, 0) is 19.1 Å². The number of hydrogen-bond acceptors (Lipinski definition) is 3. The van der Waals surface area contributed by atoms with Crippen molar-refractivity contribution in [3.8, 4) is 0 Å². The lowest BCUT2D eigenvalue weighted by Gasteiger charge is -2.20. The molecule has 0 bridgehead atoms. The van der Waals surface area contributed by atoms with Gasteiger partial charge in [0.15, 0.2) is 0 Å². The zero-order chi connectivity index (χ0) is 13.8. The first-order valence-electron chi connectivity index (χ1n) is 5.17. The Bertz CT molecular complexity index is 438. The minimum Gasteiger partial charge on any atom is -0.393 e. The zero-order valence-electron chi connectivity index (χ0n) is 9.70. The number of urea groups is 1. The summed E-state index contributed by atoms with van der Waals surface area (Å²) in [5.41, 5.74) is -1.64. The molecule has 5 nitrogen and oxygen atoms in total. The van der Waals surface area contributed by atoms with Crippen molar-refractivity contribution in [2.24, 2.45) is 0 Å². The Balaban J connectivity index is 2.55. The van der Waals surface area contributed by atoms with Crippen molar-refractivity contribution in [1.82, 2.24) is 5.32 Å². The SMILES string of the molecule is CC(O)(CO)CNC(=O)Nc1ccc(F)cc1F. The highest BCUT2D eigenvalue weighted by molar-refractivity contribution is 5.89. The van der Waals surface area contributed by atoms with Gasteiger partial charge in [-0.3, -0.25) is 0 Å². The van der Waals surface area contributed by atoms with Crippen molar-refractivity contribution in [3.63, 3.8) is 0 Å². The maximum absolute atomic E-state index is 13.2. The quantitative estimate of drug-likeness (QED) is 0.647. The first-order valence-corrected chi connectivity index (χ1v) is 5.17. The number of nitrogens with one attached hydrogen (secondary N) is 2. The van der Waals surface area contributed by atoms with Crippen molar-refractivity contribution >= 4 is 11.7 Å². The second kappa shape index (κ2) is 5.74. The summed E-state index contributed by atoms with van der Waals surface area (Å²) >= 11 is 0. The topological polar surface area (TPSA) is 81.6 Å². The molecule has 7 heteroatoms. The van der Waals surface area contributed by atoms with Crippen molar-refractivity contribution in [3.05, 3.63) is 29.8 Å². The summed E-state index contributed by atoms with van der Waals surface area (Å²) in [5, 5.41) is 22.6. The second-order valence-corrected chi connectivity index (χ2v) is 4.09. The highest BCUT2D eigenvalue weighted by Crippen LogP contribution is 2.14. The first-order chi connectivity index (χ1) is 8.34. The molecule has 0 aromatic heterocycles. The fraction of sp³-hybridized carbons (Fsp3) is 0.364. The van der Waals surface area contributed by atoms with Crippen LogP contribution in [-0.4, -0.2) is 35.0 Å². The molecule has 0 aliphatic carbocycles. The molecule has 1 rings (SSSR count). The van der Waals surface area contributed by atoms with Gasteiger partial charge in [0.2, 0.25) is 0 Å². The Morgan fingerprint density at radius 1 is 1.44 bits per heavy atom. The highest BCUT2D eigenvalue weighted by atomic mass is 19.1. The predicted molar refractivity (Wildman–Crippen MR) is 61.1 cm³/mol. The Labute approximate surface area is 102 Å². The standard InChI is InChI=1S/C11H14F2N2O3/c1-11(18,6-16)5-14-10(17)15-9-3-2-7(12)4-8(9)13/h2-4,16,18H,5-6H2,1H3,(H2,14,15,17). The molecule has 0 radical (unpaired) electrons. The number of benzene rings is 1. The van der Waals surface area contributed by atoms with Crippen LogP contribution in [0.1, 0.15) is 6.92 Å². The maximum Gasteiger partial charge on any atom is 0.319 e. The number of aliphatic hydroxyl groups excluding tert-OH is 1. The van der Waals surface area contributed by atoms with Crippen LogP contribution in [0.2, 0.25) is 0 Å². The monoisotopic (exact) mass is 260 g/mol. The number of carbonyl (C=O) groups excluding carboxylic acids is 1.